The van der Waals surface area contributed by atoms with Crippen LogP contribution in [0.4, 0.5) is 0 Å². The third-order valence-corrected chi connectivity index (χ3v) is 5.99. The Hall–Kier alpha value is -3.03. The number of nitrogens with one attached hydrogen (secondary N) is 1. The standard InChI is InChI=1S/C22H18Cl2N2O5/c1-11(22(29)30)25-20(27)18-15(23)8-13-10-26(7-6-14(13)19(18)24)21(28)17-9-12-4-2-3-5-16(12)31-17/h2-5,8-9,11H,6-7,10H2,1H3,(H,25,27)(H,29,30)/t11-/m0/s1. The molecule has 4 rings (SSSR count). The minimum absolute atomic E-state index is 0.0345. The highest BCUT2D eigenvalue weighted by Gasteiger charge is 2.29. The summed E-state index contributed by atoms with van der Waals surface area (Å²) in [6.07, 6.45) is 0.423. The molecule has 0 unspecified atom stereocenters. The summed E-state index contributed by atoms with van der Waals surface area (Å²) in [6.45, 7) is 2.00. The van der Waals surface area contributed by atoms with Gasteiger partial charge in [-0.2, -0.15) is 0 Å². The molecule has 0 fully saturated rings. The molecule has 3 aromatic rings. The molecule has 0 saturated heterocycles. The Balaban J connectivity index is 1.59. The van der Waals surface area contributed by atoms with Gasteiger partial charge in [-0.3, -0.25) is 14.4 Å². The zero-order valence-corrected chi connectivity index (χ0v) is 18.0. The number of furan rings is 1. The summed E-state index contributed by atoms with van der Waals surface area (Å²) in [4.78, 5) is 38.1. The molecule has 2 aromatic carbocycles. The van der Waals surface area contributed by atoms with Crippen LogP contribution in [-0.2, 0) is 17.8 Å². The number of carbonyl (C=O) groups is 3. The lowest BCUT2D eigenvalue weighted by Gasteiger charge is -2.29. The topological polar surface area (TPSA) is 99.9 Å². The quantitative estimate of drug-likeness (QED) is 0.609. The van der Waals surface area contributed by atoms with Gasteiger partial charge < -0.3 is 19.7 Å². The lowest BCUT2D eigenvalue weighted by atomic mass is 9.96. The minimum atomic E-state index is -1.17. The summed E-state index contributed by atoms with van der Waals surface area (Å²) in [5.74, 6) is -1.82. The van der Waals surface area contributed by atoms with Gasteiger partial charge in [0, 0.05) is 18.5 Å². The van der Waals surface area contributed by atoms with Gasteiger partial charge in [0.2, 0.25) is 0 Å². The molecule has 1 aliphatic heterocycles. The van der Waals surface area contributed by atoms with Gasteiger partial charge in [-0.1, -0.05) is 41.4 Å². The molecule has 0 saturated carbocycles. The van der Waals surface area contributed by atoms with Gasteiger partial charge in [-0.05, 0) is 42.7 Å². The number of amides is 2. The van der Waals surface area contributed by atoms with E-state index in [-0.39, 0.29) is 33.8 Å². The summed E-state index contributed by atoms with van der Waals surface area (Å²) in [6, 6.07) is 9.61. The van der Waals surface area contributed by atoms with E-state index >= 15 is 0 Å². The average Bonchev–Trinajstić information content (AvgIpc) is 3.16. The van der Waals surface area contributed by atoms with Gasteiger partial charge in [0.1, 0.15) is 11.6 Å². The molecule has 9 heteroatoms. The van der Waals surface area contributed by atoms with Crippen molar-refractivity contribution in [2.24, 2.45) is 0 Å². The number of carboxylic acids is 1. The molecule has 0 bridgehead atoms. The second-order valence-corrected chi connectivity index (χ2v) is 8.13. The zero-order chi connectivity index (χ0) is 22.3. The highest BCUT2D eigenvalue weighted by molar-refractivity contribution is 6.40. The first-order valence-electron chi connectivity index (χ1n) is 9.57. The van der Waals surface area contributed by atoms with Crippen LogP contribution >= 0.6 is 23.2 Å². The maximum Gasteiger partial charge on any atom is 0.325 e. The lowest BCUT2D eigenvalue weighted by molar-refractivity contribution is -0.138. The predicted molar refractivity (Wildman–Crippen MR) is 116 cm³/mol. The van der Waals surface area contributed by atoms with Crippen LogP contribution in [0.2, 0.25) is 10.0 Å². The average molecular weight is 461 g/mol. The number of aliphatic carboxylic acids is 1. The van der Waals surface area contributed by atoms with E-state index in [1.807, 2.05) is 18.2 Å². The van der Waals surface area contributed by atoms with Crippen LogP contribution in [0.3, 0.4) is 0 Å². The number of nitrogens with zero attached hydrogens (tertiary/aromatic N) is 1. The van der Waals surface area contributed by atoms with Gasteiger partial charge in [-0.15, -0.1) is 0 Å². The fraction of sp³-hybridized carbons (Fsp3) is 0.227. The van der Waals surface area contributed by atoms with Crippen LogP contribution in [0.5, 0.6) is 0 Å². The Kier molecular flexibility index (Phi) is 5.64. The molecule has 7 nitrogen and oxygen atoms in total. The normalized spacial score (nSPS) is 14.2. The van der Waals surface area contributed by atoms with E-state index in [1.165, 1.54) is 6.92 Å². The predicted octanol–water partition coefficient (Wildman–Crippen LogP) is 4.14. The Morgan fingerprint density at radius 1 is 1.19 bits per heavy atom. The molecule has 0 radical (unpaired) electrons. The number of fused-ring (bicyclic) bond motifs is 2. The van der Waals surface area contributed by atoms with Gasteiger partial charge >= 0.3 is 5.97 Å². The van der Waals surface area contributed by atoms with E-state index in [0.29, 0.717) is 24.1 Å². The number of benzene rings is 2. The number of rotatable bonds is 4. The van der Waals surface area contributed by atoms with Crippen molar-refractivity contribution in [3.63, 3.8) is 0 Å². The van der Waals surface area contributed by atoms with Crippen LogP contribution in [0.25, 0.3) is 11.0 Å². The molecule has 0 aliphatic carbocycles. The molecule has 1 atom stereocenters. The second kappa shape index (κ2) is 8.24. The van der Waals surface area contributed by atoms with E-state index in [2.05, 4.69) is 5.32 Å². The molecular weight excluding hydrogens is 443 g/mol. The Morgan fingerprint density at radius 2 is 1.94 bits per heavy atom. The Bertz CT molecular complexity index is 1190. The minimum Gasteiger partial charge on any atom is -0.480 e. The largest absolute Gasteiger partial charge is 0.480 e. The van der Waals surface area contributed by atoms with Gasteiger partial charge in [0.05, 0.1) is 15.6 Å². The second-order valence-electron chi connectivity index (χ2n) is 7.34. The summed E-state index contributed by atoms with van der Waals surface area (Å²) >= 11 is 12.8. The van der Waals surface area contributed by atoms with Crippen molar-refractivity contribution in [1.82, 2.24) is 10.2 Å². The van der Waals surface area contributed by atoms with Crippen molar-refractivity contribution in [3.8, 4) is 0 Å². The van der Waals surface area contributed by atoms with Crippen LogP contribution in [0, 0.1) is 0 Å². The molecule has 2 heterocycles. The van der Waals surface area contributed by atoms with Crippen molar-refractivity contribution in [2.75, 3.05) is 6.54 Å². The molecule has 31 heavy (non-hydrogen) atoms. The van der Waals surface area contributed by atoms with Crippen molar-refractivity contribution in [2.45, 2.75) is 25.9 Å². The first-order valence-corrected chi connectivity index (χ1v) is 10.3. The monoisotopic (exact) mass is 460 g/mol. The summed E-state index contributed by atoms with van der Waals surface area (Å²) in [7, 11) is 0. The number of hydrogen-bond acceptors (Lipinski definition) is 4. The van der Waals surface area contributed by atoms with Gasteiger partial charge in [0.15, 0.2) is 5.76 Å². The number of hydrogen-bond donors (Lipinski definition) is 2. The molecule has 1 aliphatic rings. The molecule has 2 N–H and O–H groups in total. The third-order valence-electron chi connectivity index (χ3n) is 5.27. The highest BCUT2D eigenvalue weighted by Crippen LogP contribution is 2.35. The molecule has 1 aromatic heterocycles. The van der Waals surface area contributed by atoms with Crippen LogP contribution < -0.4 is 5.32 Å². The Morgan fingerprint density at radius 3 is 2.65 bits per heavy atom. The van der Waals surface area contributed by atoms with E-state index in [0.717, 1.165) is 10.9 Å². The molecule has 160 valence electrons. The van der Waals surface area contributed by atoms with E-state index in [9.17, 15) is 14.4 Å². The summed E-state index contributed by atoms with van der Waals surface area (Å²) < 4.78 is 5.68. The number of carbonyl (C=O) groups excluding carboxylic acids is 2. The third kappa shape index (κ3) is 3.98. The summed E-state index contributed by atoms with van der Waals surface area (Å²) in [5, 5.41) is 12.5. The zero-order valence-electron chi connectivity index (χ0n) is 16.4. The maximum absolute atomic E-state index is 13.0. The SMILES string of the molecule is C[C@H](NC(=O)c1c(Cl)cc2c(c1Cl)CCN(C(=O)c1cc3ccccc3o1)C2)C(=O)O. The number of halogens is 2. The number of para-hydroxylation sites is 1. The van der Waals surface area contributed by atoms with Gasteiger partial charge in [-0.25, -0.2) is 0 Å². The smallest absolute Gasteiger partial charge is 0.325 e. The first kappa shape index (κ1) is 21.2. The van der Waals surface area contributed by atoms with Crippen LogP contribution in [0.15, 0.2) is 40.8 Å². The van der Waals surface area contributed by atoms with E-state index < -0.39 is 17.9 Å². The molecular formula is C22H18Cl2N2O5. The summed E-state index contributed by atoms with van der Waals surface area (Å²) in [5.41, 5.74) is 2.12. The fourth-order valence-electron chi connectivity index (χ4n) is 3.61. The number of carboxylic acid groups (broad SMARTS) is 1. The van der Waals surface area contributed by atoms with Crippen molar-refractivity contribution < 1.29 is 23.9 Å². The highest BCUT2D eigenvalue weighted by atomic mass is 35.5. The Labute approximate surface area is 187 Å². The van der Waals surface area contributed by atoms with Gasteiger partial charge in [0.25, 0.3) is 11.8 Å². The van der Waals surface area contributed by atoms with E-state index in [1.54, 1.807) is 23.1 Å². The molecule has 2 amide bonds. The van der Waals surface area contributed by atoms with Crippen LogP contribution in [-0.4, -0.2) is 40.4 Å². The molecule has 0 spiro atoms. The van der Waals surface area contributed by atoms with Crippen molar-refractivity contribution in [1.29, 1.82) is 0 Å². The maximum atomic E-state index is 13.0. The lowest BCUT2D eigenvalue weighted by Crippen LogP contribution is -2.39. The first-order chi connectivity index (χ1) is 14.8. The van der Waals surface area contributed by atoms with Crippen molar-refractivity contribution in [3.05, 3.63) is 68.9 Å². The fourth-order valence-corrected chi connectivity index (χ4v) is 4.37. The van der Waals surface area contributed by atoms with E-state index in [4.69, 9.17) is 32.7 Å². The van der Waals surface area contributed by atoms with Crippen LogP contribution in [0.1, 0.15) is 39.0 Å². The van der Waals surface area contributed by atoms with Crippen molar-refractivity contribution >= 4 is 52.0 Å².